The molecule has 0 amide bonds. The average Bonchev–Trinajstić information content (AvgIpc) is 2.45. The summed E-state index contributed by atoms with van der Waals surface area (Å²) in [5.41, 5.74) is 1.31. The fraction of sp³-hybridized carbons (Fsp3) is 0.833. The Balaban J connectivity index is 2.22. The van der Waals surface area contributed by atoms with Gasteiger partial charge in [0.1, 0.15) is 0 Å². The molecule has 0 spiro atoms. The molecule has 0 aliphatic carbocycles. The number of nitrogens with zero attached hydrogens (tertiary/aromatic N) is 3. The smallest absolute Gasteiger partial charge is 0.0796 e. The molecule has 1 aliphatic rings. The molecule has 1 saturated heterocycles. The highest BCUT2D eigenvalue weighted by molar-refractivity contribution is 5.00. The number of piperidine rings is 1. The number of aromatic nitrogens is 3. The van der Waals surface area contributed by atoms with Crippen molar-refractivity contribution >= 4 is 0 Å². The molecular formula is C12H22N4. The predicted octanol–water partition coefficient (Wildman–Crippen LogP) is 2.07. The van der Waals surface area contributed by atoms with Crippen LogP contribution in [0.4, 0.5) is 0 Å². The highest BCUT2D eigenvalue weighted by atomic mass is 15.4. The Hall–Kier alpha value is -0.900. The number of hydrogen-bond donors (Lipinski definition) is 1. The van der Waals surface area contributed by atoms with Gasteiger partial charge in [-0.1, -0.05) is 5.21 Å². The molecule has 0 saturated carbocycles. The van der Waals surface area contributed by atoms with E-state index in [0.717, 1.165) is 18.5 Å². The molecule has 16 heavy (non-hydrogen) atoms. The zero-order valence-corrected chi connectivity index (χ0v) is 10.9. The van der Waals surface area contributed by atoms with Crippen LogP contribution in [0.2, 0.25) is 0 Å². The van der Waals surface area contributed by atoms with Gasteiger partial charge >= 0.3 is 0 Å². The molecule has 1 aliphatic heterocycles. The maximum absolute atomic E-state index is 4.21. The third kappa shape index (κ3) is 2.43. The van der Waals surface area contributed by atoms with E-state index in [1.54, 1.807) is 0 Å². The SMILES string of the molecule is Cc1cn(C2CC(C)(C)NC(C)(C)C2)nn1. The van der Waals surface area contributed by atoms with Crippen LogP contribution in [0.15, 0.2) is 6.20 Å². The quantitative estimate of drug-likeness (QED) is 0.791. The van der Waals surface area contributed by atoms with Gasteiger partial charge in [-0.05, 0) is 47.5 Å². The van der Waals surface area contributed by atoms with Crippen LogP contribution in [0.3, 0.4) is 0 Å². The Kier molecular flexibility index (Phi) is 2.57. The van der Waals surface area contributed by atoms with Gasteiger partial charge in [0, 0.05) is 17.3 Å². The molecule has 0 aromatic carbocycles. The van der Waals surface area contributed by atoms with Gasteiger partial charge in [0.25, 0.3) is 0 Å². The Morgan fingerprint density at radius 2 is 1.81 bits per heavy atom. The molecular weight excluding hydrogens is 200 g/mol. The van der Waals surface area contributed by atoms with Crippen LogP contribution in [-0.2, 0) is 0 Å². The zero-order chi connectivity index (χ0) is 12.0. The summed E-state index contributed by atoms with van der Waals surface area (Å²) in [6, 6.07) is 0.451. The van der Waals surface area contributed by atoms with Crippen molar-refractivity contribution in [1.82, 2.24) is 20.3 Å². The molecule has 0 atom stereocenters. The minimum absolute atomic E-state index is 0.159. The first kappa shape index (κ1) is 11.6. The van der Waals surface area contributed by atoms with Crippen LogP contribution in [0.25, 0.3) is 0 Å². The van der Waals surface area contributed by atoms with E-state index in [2.05, 4.69) is 43.3 Å². The fourth-order valence-electron chi connectivity index (χ4n) is 3.00. The number of hydrogen-bond acceptors (Lipinski definition) is 3. The first-order chi connectivity index (χ1) is 7.27. The molecule has 0 bridgehead atoms. The summed E-state index contributed by atoms with van der Waals surface area (Å²) < 4.78 is 2.03. The van der Waals surface area contributed by atoms with E-state index in [1.807, 2.05) is 17.8 Å². The second kappa shape index (κ2) is 3.55. The topological polar surface area (TPSA) is 42.7 Å². The van der Waals surface area contributed by atoms with E-state index < -0.39 is 0 Å². The van der Waals surface area contributed by atoms with Gasteiger partial charge in [-0.3, -0.25) is 0 Å². The highest BCUT2D eigenvalue weighted by Gasteiger charge is 2.38. The summed E-state index contributed by atoms with van der Waals surface area (Å²) in [6.45, 7) is 11.0. The molecule has 1 aromatic heterocycles. The van der Waals surface area contributed by atoms with Crippen LogP contribution in [0, 0.1) is 6.92 Å². The van der Waals surface area contributed by atoms with Gasteiger partial charge in [0.05, 0.1) is 11.7 Å². The largest absolute Gasteiger partial charge is 0.307 e. The fourth-order valence-corrected chi connectivity index (χ4v) is 3.00. The summed E-state index contributed by atoms with van der Waals surface area (Å²) in [6.07, 6.45) is 4.24. The zero-order valence-electron chi connectivity index (χ0n) is 10.9. The highest BCUT2D eigenvalue weighted by Crippen LogP contribution is 2.35. The van der Waals surface area contributed by atoms with Crippen molar-refractivity contribution < 1.29 is 0 Å². The van der Waals surface area contributed by atoms with Crippen LogP contribution in [0.5, 0.6) is 0 Å². The van der Waals surface area contributed by atoms with Crippen molar-refractivity contribution in [2.45, 2.75) is 64.6 Å². The third-order valence-electron chi connectivity index (χ3n) is 3.17. The molecule has 90 valence electrons. The van der Waals surface area contributed by atoms with Gasteiger partial charge in [-0.15, -0.1) is 5.10 Å². The lowest BCUT2D eigenvalue weighted by atomic mass is 9.80. The Bertz CT molecular complexity index is 362. The normalized spacial score (nSPS) is 24.6. The lowest BCUT2D eigenvalue weighted by Crippen LogP contribution is -2.58. The van der Waals surface area contributed by atoms with E-state index in [0.29, 0.717) is 6.04 Å². The molecule has 0 radical (unpaired) electrons. The third-order valence-corrected chi connectivity index (χ3v) is 3.17. The van der Waals surface area contributed by atoms with Crippen LogP contribution in [-0.4, -0.2) is 26.1 Å². The van der Waals surface area contributed by atoms with E-state index in [1.165, 1.54) is 0 Å². The summed E-state index contributed by atoms with van der Waals surface area (Å²) >= 11 is 0. The number of rotatable bonds is 1. The van der Waals surface area contributed by atoms with Crippen LogP contribution in [0.1, 0.15) is 52.3 Å². The standard InChI is InChI=1S/C12H22N4/c1-9-8-16(15-13-9)10-6-11(2,3)14-12(4,5)7-10/h8,10,14H,6-7H2,1-5H3. The monoisotopic (exact) mass is 222 g/mol. The minimum Gasteiger partial charge on any atom is -0.307 e. The number of nitrogens with one attached hydrogen (secondary N) is 1. The Morgan fingerprint density at radius 1 is 1.25 bits per heavy atom. The van der Waals surface area contributed by atoms with Gasteiger partial charge in [0.2, 0.25) is 0 Å². The summed E-state index contributed by atoms with van der Waals surface area (Å²) in [5.74, 6) is 0. The summed E-state index contributed by atoms with van der Waals surface area (Å²) in [5, 5.41) is 12.0. The second-order valence-electron chi connectivity index (χ2n) is 6.29. The second-order valence-corrected chi connectivity index (χ2v) is 6.29. The predicted molar refractivity (Wildman–Crippen MR) is 64.3 cm³/mol. The number of aryl methyl sites for hydroxylation is 1. The van der Waals surface area contributed by atoms with Gasteiger partial charge in [0.15, 0.2) is 0 Å². The van der Waals surface area contributed by atoms with E-state index in [9.17, 15) is 0 Å². The van der Waals surface area contributed by atoms with Crippen LogP contribution < -0.4 is 5.32 Å². The summed E-state index contributed by atoms with van der Waals surface area (Å²) in [4.78, 5) is 0. The first-order valence-electron chi connectivity index (χ1n) is 5.95. The lowest BCUT2D eigenvalue weighted by molar-refractivity contribution is 0.125. The van der Waals surface area contributed by atoms with Crippen LogP contribution >= 0.6 is 0 Å². The Labute approximate surface area is 97.4 Å². The van der Waals surface area contributed by atoms with Crippen molar-refractivity contribution in [3.63, 3.8) is 0 Å². The molecule has 2 heterocycles. The van der Waals surface area contributed by atoms with Crippen molar-refractivity contribution in [2.24, 2.45) is 0 Å². The van der Waals surface area contributed by atoms with Gasteiger partial charge < -0.3 is 5.32 Å². The van der Waals surface area contributed by atoms with Crippen molar-refractivity contribution in [3.05, 3.63) is 11.9 Å². The van der Waals surface area contributed by atoms with Gasteiger partial charge in [-0.2, -0.15) is 0 Å². The first-order valence-corrected chi connectivity index (χ1v) is 5.95. The molecule has 1 fully saturated rings. The van der Waals surface area contributed by atoms with Gasteiger partial charge in [-0.25, -0.2) is 4.68 Å². The summed E-state index contributed by atoms with van der Waals surface area (Å²) in [7, 11) is 0. The van der Waals surface area contributed by atoms with Crippen molar-refractivity contribution in [3.8, 4) is 0 Å². The maximum Gasteiger partial charge on any atom is 0.0796 e. The average molecular weight is 222 g/mol. The minimum atomic E-state index is 0.159. The van der Waals surface area contributed by atoms with E-state index >= 15 is 0 Å². The molecule has 2 rings (SSSR count). The van der Waals surface area contributed by atoms with E-state index in [-0.39, 0.29) is 11.1 Å². The van der Waals surface area contributed by atoms with Crippen molar-refractivity contribution in [2.75, 3.05) is 0 Å². The molecule has 4 nitrogen and oxygen atoms in total. The maximum atomic E-state index is 4.21. The Morgan fingerprint density at radius 3 is 2.25 bits per heavy atom. The lowest BCUT2D eigenvalue weighted by Gasteiger charge is -2.46. The van der Waals surface area contributed by atoms with E-state index in [4.69, 9.17) is 0 Å². The molecule has 1 aromatic rings. The molecule has 1 N–H and O–H groups in total. The molecule has 0 unspecified atom stereocenters. The van der Waals surface area contributed by atoms with Crippen molar-refractivity contribution in [1.29, 1.82) is 0 Å². The molecule has 4 heteroatoms.